The molecule has 0 unspecified atom stereocenters. The molecule has 0 fully saturated rings. The van der Waals surface area contributed by atoms with Crippen LogP contribution in [0.2, 0.25) is 0 Å². The van der Waals surface area contributed by atoms with E-state index >= 15 is 0 Å². The summed E-state index contributed by atoms with van der Waals surface area (Å²) in [5, 5.41) is 8.67. The molecule has 0 aliphatic heterocycles. The van der Waals surface area contributed by atoms with Crippen molar-refractivity contribution in [2.45, 2.75) is 0 Å². The Bertz CT molecular complexity index is 446. The van der Waals surface area contributed by atoms with Gasteiger partial charge in [-0.05, 0) is 18.2 Å². The van der Waals surface area contributed by atoms with Crippen molar-refractivity contribution in [3.8, 4) is 0 Å². The number of carbonyl (C=O) groups is 3. The van der Waals surface area contributed by atoms with E-state index in [0.717, 1.165) is 23.5 Å². The van der Waals surface area contributed by atoms with Gasteiger partial charge in [0.05, 0.1) is 4.88 Å². The SMILES string of the molecule is O=C(O)c1cc2c(s1)C(=O)C=CC2=O. The number of rotatable bonds is 1. The molecule has 2 rings (SSSR count). The van der Waals surface area contributed by atoms with E-state index in [1.807, 2.05) is 0 Å². The van der Waals surface area contributed by atoms with Crippen LogP contribution in [0.1, 0.15) is 29.7 Å². The third-order valence-corrected chi connectivity index (χ3v) is 2.96. The minimum atomic E-state index is -1.12. The summed E-state index contributed by atoms with van der Waals surface area (Å²) in [6.45, 7) is 0. The molecule has 0 saturated heterocycles. The minimum absolute atomic E-state index is 0.0143. The van der Waals surface area contributed by atoms with Crippen LogP contribution in [0.3, 0.4) is 0 Å². The Hall–Kier alpha value is -1.75. The quantitative estimate of drug-likeness (QED) is 0.756. The third-order valence-electron chi connectivity index (χ3n) is 1.82. The first-order valence-electron chi connectivity index (χ1n) is 3.73. The first-order chi connectivity index (χ1) is 6.59. The van der Waals surface area contributed by atoms with Crippen LogP contribution in [-0.2, 0) is 0 Å². The average molecular weight is 208 g/mol. The van der Waals surface area contributed by atoms with Crippen molar-refractivity contribution in [3.63, 3.8) is 0 Å². The maximum absolute atomic E-state index is 11.2. The van der Waals surface area contributed by atoms with Crippen LogP contribution in [0, 0.1) is 0 Å². The molecule has 1 aromatic rings. The summed E-state index contributed by atoms with van der Waals surface area (Å²) in [7, 11) is 0. The summed E-state index contributed by atoms with van der Waals surface area (Å²) in [5.41, 5.74) is 0.194. The van der Waals surface area contributed by atoms with Gasteiger partial charge in [-0.2, -0.15) is 0 Å². The summed E-state index contributed by atoms with van der Waals surface area (Å²) in [6.07, 6.45) is 2.32. The predicted molar refractivity (Wildman–Crippen MR) is 49.1 cm³/mol. The second-order valence-electron chi connectivity index (χ2n) is 2.72. The van der Waals surface area contributed by atoms with Crippen LogP contribution >= 0.6 is 11.3 Å². The van der Waals surface area contributed by atoms with Gasteiger partial charge >= 0.3 is 5.97 Å². The first kappa shape index (κ1) is 8.83. The number of fused-ring (bicyclic) bond motifs is 1. The molecule has 1 aliphatic rings. The highest BCUT2D eigenvalue weighted by molar-refractivity contribution is 7.16. The second-order valence-corrected chi connectivity index (χ2v) is 3.77. The van der Waals surface area contributed by atoms with Crippen molar-refractivity contribution < 1.29 is 19.5 Å². The van der Waals surface area contributed by atoms with E-state index in [1.165, 1.54) is 6.07 Å². The molecular formula is C9H4O4S. The molecular weight excluding hydrogens is 204 g/mol. The molecule has 70 valence electrons. The lowest BCUT2D eigenvalue weighted by atomic mass is 10.0. The molecule has 0 amide bonds. The number of carboxylic acid groups (broad SMARTS) is 1. The van der Waals surface area contributed by atoms with Gasteiger partial charge in [0.2, 0.25) is 0 Å². The van der Waals surface area contributed by atoms with Crippen molar-refractivity contribution in [1.29, 1.82) is 0 Å². The molecule has 0 aromatic carbocycles. The van der Waals surface area contributed by atoms with Crippen molar-refractivity contribution >= 4 is 28.9 Å². The molecule has 14 heavy (non-hydrogen) atoms. The maximum atomic E-state index is 11.2. The summed E-state index contributed by atoms with van der Waals surface area (Å²) in [6, 6.07) is 1.24. The van der Waals surface area contributed by atoms with Crippen LogP contribution in [-0.4, -0.2) is 22.6 Å². The van der Waals surface area contributed by atoms with Gasteiger partial charge in [-0.1, -0.05) is 0 Å². The molecule has 0 radical (unpaired) electrons. The second kappa shape index (κ2) is 2.88. The molecule has 4 nitrogen and oxygen atoms in total. The topological polar surface area (TPSA) is 71.4 Å². The molecule has 5 heteroatoms. The molecule has 0 spiro atoms. The van der Waals surface area contributed by atoms with E-state index in [9.17, 15) is 14.4 Å². The van der Waals surface area contributed by atoms with Crippen molar-refractivity contribution in [2.75, 3.05) is 0 Å². The molecule has 1 aliphatic carbocycles. The molecule has 0 atom stereocenters. The van der Waals surface area contributed by atoms with Gasteiger partial charge < -0.3 is 5.11 Å². The Morgan fingerprint density at radius 1 is 1.21 bits per heavy atom. The van der Waals surface area contributed by atoms with E-state index in [2.05, 4.69) is 0 Å². The lowest BCUT2D eigenvalue weighted by Crippen LogP contribution is -2.07. The number of allylic oxidation sites excluding steroid dienone is 2. The molecule has 1 heterocycles. The van der Waals surface area contributed by atoms with Gasteiger partial charge in [-0.25, -0.2) is 4.79 Å². The molecule has 1 N–H and O–H groups in total. The number of carboxylic acids is 1. The number of hydrogen-bond acceptors (Lipinski definition) is 4. The Balaban J connectivity index is 2.61. The monoisotopic (exact) mass is 208 g/mol. The van der Waals surface area contributed by atoms with Crippen LogP contribution in [0.25, 0.3) is 0 Å². The Labute approximate surface area is 82.5 Å². The van der Waals surface area contributed by atoms with Crippen molar-refractivity contribution in [3.05, 3.63) is 33.5 Å². The van der Waals surface area contributed by atoms with E-state index in [4.69, 9.17) is 5.11 Å². The van der Waals surface area contributed by atoms with Gasteiger partial charge in [0.15, 0.2) is 11.6 Å². The number of aromatic carboxylic acids is 1. The van der Waals surface area contributed by atoms with Crippen LogP contribution in [0.15, 0.2) is 18.2 Å². The number of hydrogen-bond donors (Lipinski definition) is 1. The van der Waals surface area contributed by atoms with Gasteiger partial charge in [0.25, 0.3) is 0 Å². The van der Waals surface area contributed by atoms with E-state index in [0.29, 0.717) is 0 Å². The third kappa shape index (κ3) is 1.18. The highest BCUT2D eigenvalue weighted by atomic mass is 32.1. The lowest BCUT2D eigenvalue weighted by Gasteiger charge is -1.99. The van der Waals surface area contributed by atoms with E-state index < -0.39 is 5.97 Å². The zero-order valence-corrected chi connectivity index (χ0v) is 7.63. The molecule has 1 aromatic heterocycles. The summed E-state index contributed by atoms with van der Waals surface area (Å²) >= 11 is 0.834. The number of carbonyl (C=O) groups excluding carboxylic acids is 2. The molecule has 0 bridgehead atoms. The zero-order chi connectivity index (χ0) is 10.3. The first-order valence-corrected chi connectivity index (χ1v) is 4.55. The maximum Gasteiger partial charge on any atom is 0.345 e. The van der Waals surface area contributed by atoms with Gasteiger partial charge in [-0.15, -0.1) is 11.3 Å². The van der Waals surface area contributed by atoms with Gasteiger partial charge in [0.1, 0.15) is 4.88 Å². The smallest absolute Gasteiger partial charge is 0.345 e. The fourth-order valence-corrected chi connectivity index (χ4v) is 2.10. The highest BCUT2D eigenvalue weighted by Gasteiger charge is 2.24. The fourth-order valence-electron chi connectivity index (χ4n) is 1.18. The number of thiophene rings is 1. The minimum Gasteiger partial charge on any atom is -0.477 e. The lowest BCUT2D eigenvalue weighted by molar-refractivity contribution is 0.0702. The summed E-state index contributed by atoms with van der Waals surface area (Å²) in [4.78, 5) is 33.3. The highest BCUT2D eigenvalue weighted by Crippen LogP contribution is 2.26. The van der Waals surface area contributed by atoms with Gasteiger partial charge in [-0.3, -0.25) is 9.59 Å². The number of ketones is 2. The molecule has 0 saturated carbocycles. The predicted octanol–water partition coefficient (Wildman–Crippen LogP) is 1.38. The van der Waals surface area contributed by atoms with E-state index in [-0.39, 0.29) is 26.9 Å². The van der Waals surface area contributed by atoms with Crippen molar-refractivity contribution in [2.24, 2.45) is 0 Å². The van der Waals surface area contributed by atoms with Crippen LogP contribution in [0.4, 0.5) is 0 Å². The van der Waals surface area contributed by atoms with Gasteiger partial charge in [0, 0.05) is 5.56 Å². The average Bonchev–Trinajstić information content (AvgIpc) is 2.57. The Kier molecular flexibility index (Phi) is 1.82. The largest absolute Gasteiger partial charge is 0.477 e. The fraction of sp³-hybridized carbons (Fsp3) is 0. The Morgan fingerprint density at radius 2 is 1.86 bits per heavy atom. The summed E-state index contributed by atoms with van der Waals surface area (Å²) in [5.74, 6) is -1.74. The van der Waals surface area contributed by atoms with Crippen LogP contribution in [0.5, 0.6) is 0 Å². The van der Waals surface area contributed by atoms with Crippen molar-refractivity contribution in [1.82, 2.24) is 0 Å². The van der Waals surface area contributed by atoms with E-state index in [1.54, 1.807) is 0 Å². The zero-order valence-electron chi connectivity index (χ0n) is 6.81. The summed E-state index contributed by atoms with van der Waals surface area (Å²) < 4.78 is 0. The normalized spacial score (nSPS) is 14.3. The standard InChI is InChI=1S/C9H4O4S/c10-5-1-2-6(11)8-4(5)3-7(14-8)9(12)13/h1-3H,(H,12,13). The van der Waals surface area contributed by atoms with Crippen LogP contribution < -0.4 is 0 Å². The Morgan fingerprint density at radius 3 is 2.43 bits per heavy atom.